The Balaban J connectivity index is 1.65. The molecule has 0 aromatic carbocycles. The predicted molar refractivity (Wildman–Crippen MR) is 93.8 cm³/mol. The summed E-state index contributed by atoms with van der Waals surface area (Å²) in [6.07, 6.45) is 16.1. The van der Waals surface area contributed by atoms with Crippen molar-refractivity contribution in [2.45, 2.75) is 71.6 Å². The summed E-state index contributed by atoms with van der Waals surface area (Å²) in [6, 6.07) is 0. The lowest BCUT2D eigenvalue weighted by Gasteiger charge is -2.60. The Morgan fingerprint density at radius 1 is 1.00 bits per heavy atom. The van der Waals surface area contributed by atoms with E-state index in [-0.39, 0.29) is 0 Å². The maximum atomic E-state index is 2.68. The van der Waals surface area contributed by atoms with Crippen LogP contribution in [0.2, 0.25) is 0 Å². The molecule has 0 nitrogen and oxygen atoms in total. The molecule has 6 atom stereocenters. The van der Waals surface area contributed by atoms with Gasteiger partial charge in [-0.2, -0.15) is 0 Å². The van der Waals surface area contributed by atoms with E-state index in [0.717, 1.165) is 23.7 Å². The molecule has 0 heterocycles. The SMILES string of the molecule is C[C@@]12CCCC[C@@H]1CC[C@H]1[C@H]2CC[C@]2(C)C(I)=CC[C@@H]12. The zero-order valence-electron chi connectivity index (χ0n) is 13.1. The van der Waals surface area contributed by atoms with Gasteiger partial charge in [-0.15, -0.1) is 0 Å². The standard InChI is InChI=1S/C19H29I/c1-18-11-4-3-5-13(18)6-7-14-15-8-9-17(20)19(15,2)12-10-16(14)18/h9,13-16H,3-8,10-12H2,1-2H3/t13-,14-,15+,16-,18-,19+/m1/s1. The minimum atomic E-state index is 0.555. The van der Waals surface area contributed by atoms with Crippen LogP contribution in [0.5, 0.6) is 0 Å². The summed E-state index contributed by atoms with van der Waals surface area (Å²) in [5.74, 6) is 4.13. The summed E-state index contributed by atoms with van der Waals surface area (Å²) in [5, 5.41) is 0. The van der Waals surface area contributed by atoms with Crippen LogP contribution in [0, 0.1) is 34.5 Å². The fourth-order valence-corrected chi connectivity index (χ4v) is 7.73. The summed E-state index contributed by atoms with van der Waals surface area (Å²) in [7, 11) is 0. The molecule has 20 heavy (non-hydrogen) atoms. The summed E-state index contributed by atoms with van der Waals surface area (Å²) in [5.41, 5.74) is 1.26. The van der Waals surface area contributed by atoms with Gasteiger partial charge in [0, 0.05) is 5.41 Å². The van der Waals surface area contributed by atoms with Crippen LogP contribution in [0.3, 0.4) is 0 Å². The van der Waals surface area contributed by atoms with Gasteiger partial charge in [-0.05, 0) is 100 Å². The molecule has 0 amide bonds. The van der Waals surface area contributed by atoms with Gasteiger partial charge in [-0.1, -0.05) is 32.8 Å². The van der Waals surface area contributed by atoms with Gasteiger partial charge in [0.25, 0.3) is 0 Å². The molecule has 0 saturated heterocycles. The number of halogens is 1. The minimum absolute atomic E-state index is 0.555. The van der Waals surface area contributed by atoms with Crippen molar-refractivity contribution in [2.24, 2.45) is 34.5 Å². The Labute approximate surface area is 138 Å². The highest BCUT2D eigenvalue weighted by Crippen LogP contribution is 2.66. The Morgan fingerprint density at radius 3 is 2.70 bits per heavy atom. The monoisotopic (exact) mass is 384 g/mol. The summed E-state index contributed by atoms with van der Waals surface area (Å²) in [4.78, 5) is 0. The van der Waals surface area contributed by atoms with Gasteiger partial charge in [0.2, 0.25) is 0 Å². The minimum Gasteiger partial charge on any atom is -0.0743 e. The maximum absolute atomic E-state index is 2.68. The van der Waals surface area contributed by atoms with Crippen LogP contribution in [-0.4, -0.2) is 0 Å². The molecule has 0 radical (unpaired) electrons. The van der Waals surface area contributed by atoms with E-state index in [1.54, 1.807) is 16.4 Å². The lowest BCUT2D eigenvalue weighted by Crippen LogP contribution is -2.52. The van der Waals surface area contributed by atoms with Crippen molar-refractivity contribution in [1.29, 1.82) is 0 Å². The molecule has 0 spiro atoms. The Morgan fingerprint density at radius 2 is 1.85 bits per heavy atom. The molecule has 112 valence electrons. The van der Waals surface area contributed by atoms with Gasteiger partial charge in [-0.25, -0.2) is 0 Å². The molecule has 0 N–H and O–H groups in total. The van der Waals surface area contributed by atoms with E-state index in [4.69, 9.17) is 0 Å². The molecule has 3 saturated carbocycles. The Bertz CT molecular complexity index is 439. The molecule has 4 rings (SSSR count). The summed E-state index contributed by atoms with van der Waals surface area (Å²) >= 11 is 2.65. The molecule has 0 unspecified atom stereocenters. The molecular weight excluding hydrogens is 355 g/mol. The van der Waals surface area contributed by atoms with Crippen molar-refractivity contribution in [3.63, 3.8) is 0 Å². The lowest BCUT2D eigenvalue weighted by atomic mass is 9.45. The van der Waals surface area contributed by atoms with E-state index in [9.17, 15) is 0 Å². The van der Waals surface area contributed by atoms with Gasteiger partial charge < -0.3 is 0 Å². The number of allylic oxidation sites excluding steroid dienone is 2. The molecule has 3 fully saturated rings. The first-order valence-corrected chi connectivity index (χ1v) is 10.00. The highest BCUT2D eigenvalue weighted by atomic mass is 127. The van der Waals surface area contributed by atoms with E-state index in [1.165, 1.54) is 44.9 Å². The third kappa shape index (κ3) is 1.77. The van der Waals surface area contributed by atoms with Crippen LogP contribution < -0.4 is 0 Å². The van der Waals surface area contributed by atoms with Gasteiger partial charge >= 0.3 is 0 Å². The lowest BCUT2D eigenvalue weighted by molar-refractivity contribution is -0.0972. The fraction of sp³-hybridized carbons (Fsp3) is 0.895. The predicted octanol–water partition coefficient (Wildman–Crippen LogP) is 6.35. The number of hydrogen-bond acceptors (Lipinski definition) is 0. The van der Waals surface area contributed by atoms with Crippen molar-refractivity contribution in [1.82, 2.24) is 0 Å². The van der Waals surface area contributed by atoms with Crippen LogP contribution in [0.1, 0.15) is 71.6 Å². The molecule has 0 bridgehead atoms. The van der Waals surface area contributed by atoms with Gasteiger partial charge in [0.1, 0.15) is 0 Å². The van der Waals surface area contributed by atoms with Gasteiger partial charge in [0.05, 0.1) is 0 Å². The van der Waals surface area contributed by atoms with E-state index < -0.39 is 0 Å². The number of rotatable bonds is 0. The van der Waals surface area contributed by atoms with Crippen molar-refractivity contribution in [3.8, 4) is 0 Å². The largest absolute Gasteiger partial charge is 0.0743 e. The van der Waals surface area contributed by atoms with E-state index in [2.05, 4.69) is 42.5 Å². The second-order valence-corrected chi connectivity index (χ2v) is 9.81. The van der Waals surface area contributed by atoms with Crippen molar-refractivity contribution < 1.29 is 0 Å². The van der Waals surface area contributed by atoms with Crippen molar-refractivity contribution >= 4 is 22.6 Å². The summed E-state index contributed by atoms with van der Waals surface area (Å²) < 4.78 is 1.69. The van der Waals surface area contributed by atoms with E-state index >= 15 is 0 Å². The molecule has 4 aliphatic carbocycles. The van der Waals surface area contributed by atoms with Crippen molar-refractivity contribution in [3.05, 3.63) is 9.66 Å². The highest BCUT2D eigenvalue weighted by molar-refractivity contribution is 14.1. The topological polar surface area (TPSA) is 0 Å². The normalized spacial score (nSPS) is 54.6. The molecule has 0 aliphatic heterocycles. The zero-order valence-corrected chi connectivity index (χ0v) is 15.3. The highest BCUT2D eigenvalue weighted by Gasteiger charge is 2.57. The molecule has 1 heteroatoms. The van der Waals surface area contributed by atoms with Crippen LogP contribution in [0.25, 0.3) is 0 Å². The first-order valence-electron chi connectivity index (χ1n) is 8.92. The summed E-state index contributed by atoms with van der Waals surface area (Å²) in [6.45, 7) is 5.26. The van der Waals surface area contributed by atoms with Gasteiger partial charge in [0.15, 0.2) is 0 Å². The fourth-order valence-electron chi connectivity index (χ4n) is 6.81. The van der Waals surface area contributed by atoms with Crippen molar-refractivity contribution in [2.75, 3.05) is 0 Å². The first-order chi connectivity index (χ1) is 9.56. The Kier molecular flexibility index (Phi) is 3.33. The average molecular weight is 384 g/mol. The second kappa shape index (κ2) is 4.73. The zero-order chi connectivity index (χ0) is 14.0. The van der Waals surface area contributed by atoms with E-state index in [0.29, 0.717) is 10.8 Å². The molecule has 4 aliphatic rings. The molecule has 0 aromatic rings. The second-order valence-electron chi connectivity index (χ2n) is 8.65. The number of hydrogen-bond donors (Lipinski definition) is 0. The van der Waals surface area contributed by atoms with Crippen LogP contribution in [0.4, 0.5) is 0 Å². The van der Waals surface area contributed by atoms with Crippen LogP contribution >= 0.6 is 22.6 Å². The molecular formula is C19H29I. The van der Waals surface area contributed by atoms with Crippen LogP contribution in [0.15, 0.2) is 9.66 Å². The average Bonchev–Trinajstić information content (AvgIpc) is 2.74. The van der Waals surface area contributed by atoms with E-state index in [1.807, 2.05) is 0 Å². The maximum Gasteiger partial charge on any atom is 0.00135 e. The quantitative estimate of drug-likeness (QED) is 0.427. The third-order valence-corrected chi connectivity index (χ3v) is 9.74. The molecule has 0 aromatic heterocycles. The smallest absolute Gasteiger partial charge is 0.00135 e. The third-order valence-electron chi connectivity index (χ3n) is 8.07. The first kappa shape index (κ1) is 14.1. The number of fused-ring (bicyclic) bond motifs is 5. The Hall–Kier alpha value is 0.470. The van der Waals surface area contributed by atoms with Crippen LogP contribution in [-0.2, 0) is 0 Å². The van der Waals surface area contributed by atoms with Gasteiger partial charge in [-0.3, -0.25) is 0 Å².